The molecule has 0 bridgehead atoms. The normalized spacial score (nSPS) is 11.6. The molecule has 0 saturated heterocycles. The number of benzene rings is 1. The zero-order valence-electron chi connectivity index (χ0n) is 11.2. The van der Waals surface area contributed by atoms with E-state index in [1.807, 2.05) is 0 Å². The van der Waals surface area contributed by atoms with Crippen molar-refractivity contribution in [3.63, 3.8) is 0 Å². The zero-order valence-corrected chi connectivity index (χ0v) is 13.6. The summed E-state index contributed by atoms with van der Waals surface area (Å²) in [6.45, 7) is 0. The highest BCUT2D eigenvalue weighted by atomic mass is 35.5. The van der Waals surface area contributed by atoms with Crippen LogP contribution >= 0.6 is 34.5 Å². The van der Waals surface area contributed by atoms with Crippen molar-refractivity contribution in [3.05, 3.63) is 38.8 Å². The van der Waals surface area contributed by atoms with Crippen molar-refractivity contribution in [1.82, 2.24) is 15.7 Å². The average Bonchev–Trinajstić information content (AvgIpc) is 2.95. The van der Waals surface area contributed by atoms with Crippen LogP contribution in [-0.2, 0) is 4.84 Å². The van der Waals surface area contributed by atoms with E-state index in [1.165, 1.54) is 24.8 Å². The first-order chi connectivity index (χ1) is 10.6. The van der Waals surface area contributed by atoms with Crippen molar-refractivity contribution in [2.24, 2.45) is 4.99 Å². The van der Waals surface area contributed by atoms with Gasteiger partial charge in [-0.1, -0.05) is 40.6 Å². The van der Waals surface area contributed by atoms with Crippen molar-refractivity contribution in [3.8, 4) is 6.07 Å². The van der Waals surface area contributed by atoms with E-state index >= 15 is 0 Å². The molecule has 0 atom stereocenters. The summed E-state index contributed by atoms with van der Waals surface area (Å²) in [5.41, 5.74) is 3.45. The molecule has 0 radical (unpaired) electrons. The highest BCUT2D eigenvalue weighted by Crippen LogP contribution is 2.28. The molecule has 0 aliphatic carbocycles. The van der Waals surface area contributed by atoms with Gasteiger partial charge in [0.2, 0.25) is 5.13 Å². The van der Waals surface area contributed by atoms with E-state index in [-0.39, 0.29) is 0 Å². The summed E-state index contributed by atoms with van der Waals surface area (Å²) in [6.07, 6.45) is 2.95. The number of nitriles is 1. The van der Waals surface area contributed by atoms with Gasteiger partial charge in [-0.15, -0.1) is 10.2 Å². The Morgan fingerprint density at radius 2 is 2.27 bits per heavy atom. The third-order valence-corrected chi connectivity index (χ3v) is 3.80. The molecule has 112 valence electrons. The average molecular weight is 354 g/mol. The van der Waals surface area contributed by atoms with E-state index in [2.05, 4.69) is 31.6 Å². The maximum Gasteiger partial charge on any atom is 0.233 e. The first-order valence-electron chi connectivity index (χ1n) is 5.86. The third-order valence-electron chi connectivity index (χ3n) is 2.37. The standard InChI is InChI=1S/C13H9Cl2N5OS/c1-21-18-7-17-13-20-19-12(22-13)9(6-16)4-8-2-3-10(14)5-11(8)15/h2-5,7H,1H3,(H,17,18,20)/b9-4+. The van der Waals surface area contributed by atoms with Crippen LogP contribution in [0, 0.1) is 11.3 Å². The predicted octanol–water partition coefficient (Wildman–Crippen LogP) is 3.72. The molecule has 22 heavy (non-hydrogen) atoms. The highest BCUT2D eigenvalue weighted by Gasteiger charge is 2.10. The third kappa shape index (κ3) is 4.26. The summed E-state index contributed by atoms with van der Waals surface area (Å²) >= 11 is 13.1. The molecule has 1 N–H and O–H groups in total. The maximum atomic E-state index is 9.29. The second-order valence-corrected chi connectivity index (χ2v) is 5.61. The SMILES string of the molecule is CONC=Nc1nnc(/C(C#N)=C/c2ccc(Cl)cc2Cl)s1. The van der Waals surface area contributed by atoms with Crippen LogP contribution in [0.25, 0.3) is 11.6 Å². The summed E-state index contributed by atoms with van der Waals surface area (Å²) < 4.78 is 0. The fraction of sp³-hybridized carbons (Fsp3) is 0.0769. The molecular weight excluding hydrogens is 345 g/mol. The summed E-state index contributed by atoms with van der Waals surface area (Å²) in [6, 6.07) is 7.10. The molecule has 0 aliphatic rings. The lowest BCUT2D eigenvalue weighted by molar-refractivity contribution is 0.148. The smallest absolute Gasteiger partial charge is 0.233 e. The van der Waals surface area contributed by atoms with Crippen LogP contribution in [0.4, 0.5) is 5.13 Å². The van der Waals surface area contributed by atoms with E-state index in [0.717, 1.165) is 0 Å². The lowest BCUT2D eigenvalue weighted by Gasteiger charge is -1.99. The number of halogens is 2. The van der Waals surface area contributed by atoms with E-state index < -0.39 is 0 Å². The molecule has 1 aromatic carbocycles. The summed E-state index contributed by atoms with van der Waals surface area (Å²) in [7, 11) is 1.46. The topological polar surface area (TPSA) is 83.2 Å². The molecule has 1 aromatic heterocycles. The van der Waals surface area contributed by atoms with Crippen molar-refractivity contribution >= 4 is 57.7 Å². The Morgan fingerprint density at radius 3 is 2.95 bits per heavy atom. The minimum Gasteiger partial charge on any atom is -0.279 e. The van der Waals surface area contributed by atoms with Gasteiger partial charge in [0.15, 0.2) is 5.01 Å². The Balaban J connectivity index is 2.28. The fourth-order valence-corrected chi connectivity index (χ4v) is 2.55. The van der Waals surface area contributed by atoms with Crippen LogP contribution in [0.2, 0.25) is 10.0 Å². The number of nitrogens with zero attached hydrogens (tertiary/aromatic N) is 4. The van der Waals surface area contributed by atoms with Gasteiger partial charge in [-0.25, -0.2) is 4.99 Å². The first kappa shape index (κ1) is 16.4. The fourth-order valence-electron chi connectivity index (χ4n) is 1.43. The Morgan fingerprint density at radius 1 is 1.45 bits per heavy atom. The minimum atomic E-state index is 0.336. The van der Waals surface area contributed by atoms with Gasteiger partial charge >= 0.3 is 0 Å². The Kier molecular flexibility index (Phi) is 5.86. The zero-order chi connectivity index (χ0) is 15.9. The Bertz CT molecular complexity index is 766. The van der Waals surface area contributed by atoms with Gasteiger partial charge in [0.25, 0.3) is 0 Å². The molecule has 9 heteroatoms. The van der Waals surface area contributed by atoms with Gasteiger partial charge in [0.1, 0.15) is 12.4 Å². The molecule has 0 unspecified atom stereocenters. The van der Waals surface area contributed by atoms with E-state index in [0.29, 0.717) is 31.3 Å². The largest absolute Gasteiger partial charge is 0.279 e. The quantitative estimate of drug-likeness (QED) is 0.383. The monoisotopic (exact) mass is 353 g/mol. The van der Waals surface area contributed by atoms with Crippen molar-refractivity contribution < 1.29 is 4.84 Å². The van der Waals surface area contributed by atoms with Gasteiger partial charge in [-0.3, -0.25) is 10.3 Å². The molecule has 0 aliphatic heterocycles. The van der Waals surface area contributed by atoms with Gasteiger partial charge in [-0.05, 0) is 23.8 Å². The molecule has 2 aromatic rings. The van der Waals surface area contributed by atoms with Gasteiger partial charge in [0.05, 0.1) is 12.7 Å². The lowest BCUT2D eigenvalue weighted by atomic mass is 10.1. The first-order valence-corrected chi connectivity index (χ1v) is 7.43. The van der Waals surface area contributed by atoms with Crippen LogP contribution in [-0.4, -0.2) is 23.6 Å². The van der Waals surface area contributed by atoms with Crippen LogP contribution in [0.3, 0.4) is 0 Å². The maximum absolute atomic E-state index is 9.29. The van der Waals surface area contributed by atoms with Gasteiger partial charge in [0, 0.05) is 10.0 Å². The number of hydroxylamine groups is 1. The van der Waals surface area contributed by atoms with E-state index in [4.69, 9.17) is 23.2 Å². The number of hydrogen-bond acceptors (Lipinski definition) is 6. The molecule has 0 saturated carbocycles. The molecule has 1 heterocycles. The van der Waals surface area contributed by atoms with Crippen molar-refractivity contribution in [1.29, 1.82) is 5.26 Å². The second-order valence-electron chi connectivity index (χ2n) is 3.81. The molecule has 2 rings (SSSR count). The number of aromatic nitrogens is 2. The number of nitrogens with one attached hydrogen (secondary N) is 1. The number of aliphatic imine (C=N–C) groups is 1. The molecule has 0 spiro atoms. The van der Waals surface area contributed by atoms with Crippen LogP contribution in [0.15, 0.2) is 23.2 Å². The highest BCUT2D eigenvalue weighted by molar-refractivity contribution is 7.16. The lowest BCUT2D eigenvalue weighted by Crippen LogP contribution is -2.06. The molecular formula is C13H9Cl2N5OS. The van der Waals surface area contributed by atoms with Crippen LogP contribution < -0.4 is 5.48 Å². The Hall–Kier alpha value is -1.98. The number of hydrogen-bond donors (Lipinski definition) is 1. The Labute approximate surface area is 140 Å². The van der Waals surface area contributed by atoms with Gasteiger partial charge < -0.3 is 0 Å². The van der Waals surface area contributed by atoms with E-state index in [1.54, 1.807) is 24.3 Å². The van der Waals surface area contributed by atoms with Gasteiger partial charge in [-0.2, -0.15) is 5.26 Å². The van der Waals surface area contributed by atoms with Crippen LogP contribution in [0.5, 0.6) is 0 Å². The number of rotatable bonds is 5. The minimum absolute atomic E-state index is 0.336. The predicted molar refractivity (Wildman–Crippen MR) is 88.2 cm³/mol. The van der Waals surface area contributed by atoms with Crippen molar-refractivity contribution in [2.75, 3.05) is 7.11 Å². The summed E-state index contributed by atoms with van der Waals surface area (Å²) in [5.74, 6) is 0. The summed E-state index contributed by atoms with van der Waals surface area (Å²) in [4.78, 5) is 8.58. The summed E-state index contributed by atoms with van der Waals surface area (Å²) in [5, 5.41) is 18.9. The molecule has 0 fully saturated rings. The molecule has 6 nitrogen and oxygen atoms in total. The molecule has 0 amide bonds. The van der Waals surface area contributed by atoms with Crippen molar-refractivity contribution in [2.45, 2.75) is 0 Å². The van der Waals surface area contributed by atoms with E-state index in [9.17, 15) is 5.26 Å². The van der Waals surface area contributed by atoms with Crippen LogP contribution in [0.1, 0.15) is 10.6 Å². The number of allylic oxidation sites excluding steroid dienone is 1. The second kappa shape index (κ2) is 7.87.